The van der Waals surface area contributed by atoms with Gasteiger partial charge in [0.2, 0.25) is 11.7 Å². The predicted molar refractivity (Wildman–Crippen MR) is 89.6 cm³/mol. The van der Waals surface area contributed by atoms with Gasteiger partial charge in [-0.2, -0.15) is 4.98 Å². The minimum atomic E-state index is 0.235. The molecule has 0 spiro atoms. The number of hydrogen-bond donors (Lipinski definition) is 1. The molecule has 128 valence electrons. The summed E-state index contributed by atoms with van der Waals surface area (Å²) in [4.78, 5) is 11.5. The van der Waals surface area contributed by atoms with Crippen molar-refractivity contribution >= 4 is 5.82 Å². The van der Waals surface area contributed by atoms with Gasteiger partial charge in [0.25, 0.3) is 0 Å². The van der Waals surface area contributed by atoms with Crippen LogP contribution >= 0.6 is 0 Å². The second-order valence-electron chi connectivity index (χ2n) is 6.38. The van der Waals surface area contributed by atoms with Crippen molar-refractivity contribution in [3.63, 3.8) is 0 Å². The van der Waals surface area contributed by atoms with E-state index < -0.39 is 0 Å². The van der Waals surface area contributed by atoms with Gasteiger partial charge in [-0.3, -0.25) is 4.90 Å². The summed E-state index contributed by atoms with van der Waals surface area (Å²) in [6.45, 7) is 2.81. The first-order valence-corrected chi connectivity index (χ1v) is 8.66. The van der Waals surface area contributed by atoms with E-state index in [1.54, 1.807) is 6.20 Å². The number of nitrogens with one attached hydrogen (secondary N) is 1. The average Bonchev–Trinajstić information content (AvgIpc) is 3.32. The molecule has 2 aromatic heterocycles. The topological polar surface area (TPSA) is 76.3 Å². The summed E-state index contributed by atoms with van der Waals surface area (Å²) in [5, 5.41) is 7.17. The molecule has 7 heteroatoms. The quantitative estimate of drug-likeness (QED) is 0.923. The van der Waals surface area contributed by atoms with Crippen LogP contribution in [0.5, 0.6) is 0 Å². The summed E-state index contributed by atoms with van der Waals surface area (Å²) in [6, 6.07) is 4.67. The van der Waals surface area contributed by atoms with E-state index in [-0.39, 0.29) is 6.04 Å². The number of nitrogens with zero attached hydrogens (tertiary/aromatic N) is 4. The molecule has 7 nitrogen and oxygen atoms in total. The highest BCUT2D eigenvalue weighted by molar-refractivity contribution is 5.55. The molecule has 1 atom stereocenters. The number of pyridine rings is 1. The Balaban J connectivity index is 1.52. The Kier molecular flexibility index (Phi) is 4.44. The van der Waals surface area contributed by atoms with Gasteiger partial charge in [0.05, 0.1) is 6.04 Å². The van der Waals surface area contributed by atoms with Crippen molar-refractivity contribution in [2.75, 3.05) is 32.1 Å². The average molecular weight is 329 g/mol. The fourth-order valence-corrected chi connectivity index (χ4v) is 3.67. The Labute approximate surface area is 141 Å². The Hall–Kier alpha value is -1.99. The van der Waals surface area contributed by atoms with Crippen LogP contribution in [0.2, 0.25) is 0 Å². The SMILES string of the molecule is CNc1ccc(-c2noc(C3CCCN3C3CCOCC3)n2)cn1. The minimum Gasteiger partial charge on any atom is -0.381 e. The number of likely N-dealkylation sites (tertiary alicyclic amines) is 1. The van der Waals surface area contributed by atoms with Gasteiger partial charge in [-0.15, -0.1) is 0 Å². The number of aromatic nitrogens is 3. The lowest BCUT2D eigenvalue weighted by Crippen LogP contribution is -2.39. The highest BCUT2D eigenvalue weighted by atomic mass is 16.5. The predicted octanol–water partition coefficient (Wildman–Crippen LogP) is 2.49. The second-order valence-corrected chi connectivity index (χ2v) is 6.38. The lowest BCUT2D eigenvalue weighted by molar-refractivity contribution is 0.0243. The van der Waals surface area contributed by atoms with E-state index in [1.165, 1.54) is 6.42 Å². The van der Waals surface area contributed by atoms with E-state index >= 15 is 0 Å². The summed E-state index contributed by atoms with van der Waals surface area (Å²) >= 11 is 0. The molecule has 4 rings (SSSR count). The van der Waals surface area contributed by atoms with E-state index in [0.29, 0.717) is 11.9 Å². The summed E-state index contributed by atoms with van der Waals surface area (Å²) in [6.07, 6.45) is 6.21. The Bertz CT molecular complexity index is 666. The summed E-state index contributed by atoms with van der Waals surface area (Å²) < 4.78 is 11.1. The monoisotopic (exact) mass is 329 g/mol. The molecule has 0 radical (unpaired) electrons. The summed E-state index contributed by atoms with van der Waals surface area (Å²) in [5.74, 6) is 2.16. The van der Waals surface area contributed by atoms with Gasteiger partial charge in [-0.1, -0.05) is 5.16 Å². The Morgan fingerprint density at radius 2 is 2.08 bits per heavy atom. The highest BCUT2D eigenvalue weighted by Gasteiger charge is 2.35. The van der Waals surface area contributed by atoms with Gasteiger partial charge < -0.3 is 14.6 Å². The van der Waals surface area contributed by atoms with Crippen LogP contribution in [-0.2, 0) is 4.74 Å². The zero-order valence-corrected chi connectivity index (χ0v) is 13.9. The molecular weight excluding hydrogens is 306 g/mol. The normalized spacial score (nSPS) is 22.8. The fraction of sp³-hybridized carbons (Fsp3) is 0.588. The molecule has 0 saturated carbocycles. The summed E-state index contributed by atoms with van der Waals surface area (Å²) in [7, 11) is 1.85. The van der Waals surface area contributed by atoms with Crippen molar-refractivity contribution in [2.24, 2.45) is 0 Å². The van der Waals surface area contributed by atoms with E-state index in [0.717, 1.165) is 56.3 Å². The molecule has 24 heavy (non-hydrogen) atoms. The number of ether oxygens (including phenoxy) is 1. The van der Waals surface area contributed by atoms with Crippen LogP contribution in [0, 0.1) is 0 Å². The minimum absolute atomic E-state index is 0.235. The molecule has 0 bridgehead atoms. The lowest BCUT2D eigenvalue weighted by atomic mass is 10.1. The van der Waals surface area contributed by atoms with Crippen LogP contribution in [-0.4, -0.2) is 52.9 Å². The molecule has 2 aliphatic rings. The van der Waals surface area contributed by atoms with Gasteiger partial charge in [0.15, 0.2) is 0 Å². The van der Waals surface area contributed by atoms with E-state index in [4.69, 9.17) is 9.26 Å². The molecule has 1 N–H and O–H groups in total. The van der Waals surface area contributed by atoms with E-state index in [1.807, 2.05) is 19.2 Å². The van der Waals surface area contributed by atoms with Crippen molar-refractivity contribution in [1.29, 1.82) is 0 Å². The third-order valence-electron chi connectivity index (χ3n) is 4.96. The van der Waals surface area contributed by atoms with Crippen molar-refractivity contribution in [3.05, 3.63) is 24.2 Å². The Morgan fingerprint density at radius 1 is 1.21 bits per heavy atom. The number of anilines is 1. The van der Waals surface area contributed by atoms with Gasteiger partial charge in [0, 0.05) is 38.1 Å². The van der Waals surface area contributed by atoms with Crippen molar-refractivity contribution in [1.82, 2.24) is 20.0 Å². The van der Waals surface area contributed by atoms with Gasteiger partial charge in [-0.25, -0.2) is 4.98 Å². The summed E-state index contributed by atoms with van der Waals surface area (Å²) in [5.41, 5.74) is 0.875. The molecule has 2 aliphatic heterocycles. The van der Waals surface area contributed by atoms with Gasteiger partial charge in [0.1, 0.15) is 5.82 Å². The maximum Gasteiger partial charge on any atom is 0.244 e. The first kappa shape index (κ1) is 15.5. The van der Waals surface area contributed by atoms with Crippen LogP contribution in [0.1, 0.15) is 37.6 Å². The standard InChI is InChI=1S/C17H23N5O2/c1-18-15-5-4-12(11-19-15)16-20-17(24-21-16)14-3-2-8-22(14)13-6-9-23-10-7-13/h4-5,11,13-14H,2-3,6-10H2,1H3,(H,18,19). The second kappa shape index (κ2) is 6.86. The molecule has 1 unspecified atom stereocenters. The maximum atomic E-state index is 5.60. The largest absolute Gasteiger partial charge is 0.381 e. The van der Waals surface area contributed by atoms with Gasteiger partial charge >= 0.3 is 0 Å². The zero-order chi connectivity index (χ0) is 16.4. The molecule has 2 saturated heterocycles. The van der Waals surface area contributed by atoms with Crippen LogP contribution in [0.3, 0.4) is 0 Å². The number of rotatable bonds is 4. The first-order valence-electron chi connectivity index (χ1n) is 8.66. The van der Waals surface area contributed by atoms with Crippen molar-refractivity contribution in [2.45, 2.75) is 37.8 Å². The molecule has 4 heterocycles. The van der Waals surface area contributed by atoms with Gasteiger partial charge in [-0.05, 0) is 44.4 Å². The van der Waals surface area contributed by atoms with Crippen molar-refractivity contribution < 1.29 is 9.26 Å². The van der Waals surface area contributed by atoms with Crippen LogP contribution in [0.15, 0.2) is 22.9 Å². The molecule has 0 amide bonds. The van der Waals surface area contributed by atoms with Crippen LogP contribution < -0.4 is 5.32 Å². The van der Waals surface area contributed by atoms with E-state index in [9.17, 15) is 0 Å². The van der Waals surface area contributed by atoms with Crippen LogP contribution in [0.25, 0.3) is 11.4 Å². The number of hydrogen-bond acceptors (Lipinski definition) is 7. The zero-order valence-electron chi connectivity index (χ0n) is 13.9. The maximum absolute atomic E-state index is 5.60. The fourth-order valence-electron chi connectivity index (χ4n) is 3.67. The third-order valence-corrected chi connectivity index (χ3v) is 4.96. The molecule has 2 aromatic rings. The molecule has 2 fully saturated rings. The molecular formula is C17H23N5O2. The third kappa shape index (κ3) is 3.01. The smallest absolute Gasteiger partial charge is 0.244 e. The lowest BCUT2D eigenvalue weighted by Gasteiger charge is -2.33. The first-order chi connectivity index (χ1) is 11.8. The van der Waals surface area contributed by atoms with Crippen LogP contribution in [0.4, 0.5) is 5.82 Å². The highest BCUT2D eigenvalue weighted by Crippen LogP contribution is 2.35. The molecule has 0 aliphatic carbocycles. The molecule has 0 aromatic carbocycles. The Morgan fingerprint density at radius 3 is 2.83 bits per heavy atom. The van der Waals surface area contributed by atoms with Crippen molar-refractivity contribution in [3.8, 4) is 11.4 Å². The van der Waals surface area contributed by atoms with E-state index in [2.05, 4.69) is 25.3 Å².